The molecule has 1 N–H and O–H groups in total. The van der Waals surface area contributed by atoms with Crippen molar-refractivity contribution in [3.63, 3.8) is 0 Å². The molecule has 2 aromatic rings. The lowest BCUT2D eigenvalue weighted by Crippen LogP contribution is -2.37. The molecule has 1 saturated carbocycles. The van der Waals surface area contributed by atoms with Crippen LogP contribution in [0.25, 0.3) is 11.3 Å². The van der Waals surface area contributed by atoms with Gasteiger partial charge in [-0.1, -0.05) is 36.8 Å². The summed E-state index contributed by atoms with van der Waals surface area (Å²) in [4.78, 5) is 16.4. The molecule has 128 valence electrons. The van der Waals surface area contributed by atoms with Crippen LogP contribution in [0.2, 0.25) is 0 Å². The van der Waals surface area contributed by atoms with E-state index in [2.05, 4.69) is 36.3 Å². The van der Waals surface area contributed by atoms with Gasteiger partial charge in [0, 0.05) is 24.4 Å². The summed E-state index contributed by atoms with van der Waals surface area (Å²) in [6.07, 6.45) is 7.34. The van der Waals surface area contributed by atoms with Gasteiger partial charge in [-0.2, -0.15) is 0 Å². The number of aryl methyl sites for hydroxylation is 2. The number of hydrogen-bond donors (Lipinski definition) is 1. The van der Waals surface area contributed by atoms with Crippen LogP contribution in [0.5, 0.6) is 0 Å². The second kappa shape index (κ2) is 7.65. The van der Waals surface area contributed by atoms with Gasteiger partial charge in [-0.15, -0.1) is 0 Å². The number of rotatable bonds is 5. The number of carbonyl (C=O) groups is 1. The number of oxazole rings is 1. The molecule has 4 nitrogen and oxygen atoms in total. The molecule has 1 aromatic carbocycles. The summed E-state index contributed by atoms with van der Waals surface area (Å²) in [5.74, 6) is 2.28. The van der Waals surface area contributed by atoms with Gasteiger partial charge in [0.1, 0.15) is 0 Å². The molecular formula is C20H26N2O2. The van der Waals surface area contributed by atoms with Crippen LogP contribution >= 0.6 is 0 Å². The molecule has 1 aromatic heterocycles. The van der Waals surface area contributed by atoms with E-state index in [1.165, 1.54) is 18.4 Å². The fourth-order valence-electron chi connectivity index (χ4n) is 3.20. The van der Waals surface area contributed by atoms with Gasteiger partial charge in [0.05, 0.1) is 6.20 Å². The van der Waals surface area contributed by atoms with Gasteiger partial charge < -0.3 is 9.73 Å². The molecule has 1 aliphatic rings. The van der Waals surface area contributed by atoms with Crippen LogP contribution in [0.4, 0.5) is 0 Å². The number of nitrogens with zero attached hydrogens (tertiary/aromatic N) is 1. The minimum atomic E-state index is 0.102. The van der Waals surface area contributed by atoms with Crippen LogP contribution in [-0.2, 0) is 11.2 Å². The van der Waals surface area contributed by atoms with E-state index in [0.29, 0.717) is 24.8 Å². The van der Waals surface area contributed by atoms with Crippen molar-refractivity contribution in [3.05, 3.63) is 41.9 Å². The largest absolute Gasteiger partial charge is 0.441 e. The number of hydrogen-bond acceptors (Lipinski definition) is 3. The van der Waals surface area contributed by atoms with E-state index in [0.717, 1.165) is 30.1 Å². The Bertz CT molecular complexity index is 667. The van der Waals surface area contributed by atoms with Gasteiger partial charge in [0.15, 0.2) is 11.7 Å². The molecule has 0 saturated heterocycles. The second-order valence-corrected chi connectivity index (χ2v) is 7.01. The molecular weight excluding hydrogens is 300 g/mol. The average molecular weight is 326 g/mol. The number of benzene rings is 1. The van der Waals surface area contributed by atoms with E-state index in [4.69, 9.17) is 4.42 Å². The van der Waals surface area contributed by atoms with E-state index in [1.54, 1.807) is 6.20 Å². The first-order valence-corrected chi connectivity index (χ1v) is 8.91. The second-order valence-electron chi connectivity index (χ2n) is 7.01. The summed E-state index contributed by atoms with van der Waals surface area (Å²) < 4.78 is 5.77. The van der Waals surface area contributed by atoms with Gasteiger partial charge in [0.25, 0.3) is 0 Å². The smallest absolute Gasteiger partial charge is 0.220 e. The Morgan fingerprint density at radius 1 is 1.21 bits per heavy atom. The van der Waals surface area contributed by atoms with Gasteiger partial charge >= 0.3 is 0 Å². The Labute approximate surface area is 143 Å². The van der Waals surface area contributed by atoms with Gasteiger partial charge in [-0.05, 0) is 38.5 Å². The predicted molar refractivity (Wildman–Crippen MR) is 94.6 cm³/mol. The zero-order valence-corrected chi connectivity index (χ0v) is 14.5. The Morgan fingerprint density at radius 2 is 1.92 bits per heavy atom. The standard InChI is InChI=1S/C20H26N2O2/c1-14-3-7-16(8-4-14)18-13-21-20(24-18)12-11-19(23)22-17-9-5-15(2)6-10-17/h3-4,7-8,13,15,17H,5-6,9-12H2,1-2H3,(H,22,23). The van der Waals surface area contributed by atoms with Crippen molar-refractivity contribution >= 4 is 5.91 Å². The van der Waals surface area contributed by atoms with E-state index >= 15 is 0 Å². The van der Waals surface area contributed by atoms with Crippen molar-refractivity contribution in [1.82, 2.24) is 10.3 Å². The Kier molecular flexibility index (Phi) is 5.34. The molecule has 0 spiro atoms. The molecule has 0 unspecified atom stereocenters. The molecule has 0 atom stereocenters. The minimum absolute atomic E-state index is 0.102. The first-order valence-electron chi connectivity index (χ1n) is 8.91. The van der Waals surface area contributed by atoms with E-state index in [1.807, 2.05) is 12.1 Å². The topological polar surface area (TPSA) is 55.1 Å². The quantitative estimate of drug-likeness (QED) is 0.892. The SMILES string of the molecule is Cc1ccc(-c2cnc(CCC(=O)NC3CCC(C)CC3)o2)cc1. The number of aromatic nitrogens is 1. The van der Waals surface area contributed by atoms with E-state index in [-0.39, 0.29) is 5.91 Å². The molecule has 4 heteroatoms. The zero-order valence-electron chi connectivity index (χ0n) is 14.5. The summed E-state index contributed by atoms with van der Waals surface area (Å²) in [6.45, 7) is 4.34. The zero-order chi connectivity index (χ0) is 16.9. The molecule has 1 fully saturated rings. The van der Waals surface area contributed by atoms with Crippen LogP contribution in [0.15, 0.2) is 34.9 Å². The summed E-state index contributed by atoms with van der Waals surface area (Å²) >= 11 is 0. The molecule has 0 aliphatic heterocycles. The molecule has 3 rings (SSSR count). The number of amides is 1. The third-order valence-electron chi connectivity index (χ3n) is 4.84. The summed E-state index contributed by atoms with van der Waals surface area (Å²) in [5, 5.41) is 3.15. The number of carbonyl (C=O) groups excluding carboxylic acids is 1. The highest BCUT2D eigenvalue weighted by Crippen LogP contribution is 2.24. The van der Waals surface area contributed by atoms with E-state index in [9.17, 15) is 4.79 Å². The monoisotopic (exact) mass is 326 g/mol. The maximum absolute atomic E-state index is 12.1. The maximum atomic E-state index is 12.1. The lowest BCUT2D eigenvalue weighted by molar-refractivity contribution is -0.122. The highest BCUT2D eigenvalue weighted by Gasteiger charge is 2.19. The Morgan fingerprint density at radius 3 is 2.62 bits per heavy atom. The van der Waals surface area contributed by atoms with Gasteiger partial charge in [-0.25, -0.2) is 4.98 Å². The lowest BCUT2D eigenvalue weighted by Gasteiger charge is -2.26. The minimum Gasteiger partial charge on any atom is -0.441 e. The molecule has 1 aliphatic carbocycles. The predicted octanol–water partition coefficient (Wildman–Crippen LogP) is 4.28. The van der Waals surface area contributed by atoms with Crippen LogP contribution in [0.1, 0.15) is 50.5 Å². The first kappa shape index (κ1) is 16.7. The van der Waals surface area contributed by atoms with Gasteiger partial charge in [-0.3, -0.25) is 4.79 Å². The van der Waals surface area contributed by atoms with Crippen LogP contribution in [0, 0.1) is 12.8 Å². The fourth-order valence-corrected chi connectivity index (χ4v) is 3.20. The highest BCUT2D eigenvalue weighted by atomic mass is 16.4. The summed E-state index contributed by atoms with van der Waals surface area (Å²) in [7, 11) is 0. The molecule has 0 radical (unpaired) electrons. The van der Waals surface area contributed by atoms with E-state index < -0.39 is 0 Å². The van der Waals surface area contributed by atoms with Crippen LogP contribution in [-0.4, -0.2) is 16.9 Å². The van der Waals surface area contributed by atoms with Crippen LogP contribution in [0.3, 0.4) is 0 Å². The Hall–Kier alpha value is -2.10. The van der Waals surface area contributed by atoms with Crippen LogP contribution < -0.4 is 5.32 Å². The van der Waals surface area contributed by atoms with Gasteiger partial charge in [0.2, 0.25) is 5.91 Å². The summed E-state index contributed by atoms with van der Waals surface area (Å²) in [6, 6.07) is 8.50. The summed E-state index contributed by atoms with van der Waals surface area (Å²) in [5.41, 5.74) is 2.23. The lowest BCUT2D eigenvalue weighted by atomic mass is 9.87. The van der Waals surface area contributed by atoms with Crippen molar-refractivity contribution in [2.75, 3.05) is 0 Å². The van der Waals surface area contributed by atoms with Crippen molar-refractivity contribution in [1.29, 1.82) is 0 Å². The Balaban J connectivity index is 1.48. The van der Waals surface area contributed by atoms with Crippen molar-refractivity contribution < 1.29 is 9.21 Å². The molecule has 0 bridgehead atoms. The third kappa shape index (κ3) is 4.47. The number of nitrogens with one attached hydrogen (secondary N) is 1. The fraction of sp³-hybridized carbons (Fsp3) is 0.500. The third-order valence-corrected chi connectivity index (χ3v) is 4.84. The average Bonchev–Trinajstić information content (AvgIpc) is 3.05. The highest BCUT2D eigenvalue weighted by molar-refractivity contribution is 5.76. The van der Waals surface area contributed by atoms with Crippen molar-refractivity contribution in [3.8, 4) is 11.3 Å². The molecule has 1 heterocycles. The van der Waals surface area contributed by atoms with Crippen molar-refractivity contribution in [2.45, 2.75) is 58.4 Å². The normalized spacial score (nSPS) is 20.8. The first-order chi connectivity index (χ1) is 11.6. The molecule has 1 amide bonds. The maximum Gasteiger partial charge on any atom is 0.220 e. The van der Waals surface area contributed by atoms with Crippen molar-refractivity contribution in [2.24, 2.45) is 5.92 Å². The molecule has 24 heavy (non-hydrogen) atoms.